The lowest BCUT2D eigenvalue weighted by Crippen LogP contribution is -2.55. The topological polar surface area (TPSA) is 118 Å². The van der Waals surface area contributed by atoms with Crippen molar-refractivity contribution in [1.29, 1.82) is 0 Å². The van der Waals surface area contributed by atoms with Crippen LogP contribution in [-0.2, 0) is 19.1 Å². The third-order valence-electron chi connectivity index (χ3n) is 17.7. The van der Waals surface area contributed by atoms with Crippen molar-refractivity contribution in [2.24, 2.45) is 15.8 Å². The molecule has 6 aromatic carbocycles. The number of hydrogen-bond acceptors (Lipinski definition) is 8. The fourth-order valence-corrected chi connectivity index (χ4v) is 13.2. The third kappa shape index (κ3) is 15.1. The molecule has 2 saturated carbocycles. The van der Waals surface area contributed by atoms with E-state index in [4.69, 9.17) is 14.5 Å². The minimum Gasteiger partial charge on any atom is -0.459 e. The van der Waals surface area contributed by atoms with E-state index in [0.29, 0.717) is 34.2 Å². The van der Waals surface area contributed by atoms with E-state index in [-0.39, 0.29) is 70.5 Å². The summed E-state index contributed by atoms with van der Waals surface area (Å²) in [5.74, 6) is -0.615. The normalized spacial score (nSPS) is 22.2. The molecule has 3 atom stereocenters. The number of carbonyl (C=O) groups excluding carboxylic acids is 4. The summed E-state index contributed by atoms with van der Waals surface area (Å²) in [5.41, 5.74) is 6.36. The zero-order valence-corrected chi connectivity index (χ0v) is 52.1. The van der Waals surface area contributed by atoms with Crippen molar-refractivity contribution in [2.45, 2.75) is 200 Å². The van der Waals surface area contributed by atoms with Crippen LogP contribution in [0.1, 0.15) is 230 Å². The fraction of sp³-hybridized carbons (Fsp3) is 0.446. The SMILES string of the molecule is CC(C)OC(=O)c1ccc([C@@H](CCC(C)(C)C)N2C(=O)C(c3ccc(F)cc3)=NC23CCC(c2ccccc2)CC3)cc1.CC(C)OC(=O)c1ccc([C@@H](CCC(C)(C)C)N2C(=O)C(c3ccc(F)cc3)NC23CCC(c2ccccc2)CC3)cc1. The Morgan fingerprint density at radius 1 is 0.547 bits per heavy atom. The Balaban J connectivity index is 0.000000205. The summed E-state index contributed by atoms with van der Waals surface area (Å²) in [6, 6.07) is 47.7. The Morgan fingerprint density at radius 3 is 1.37 bits per heavy atom. The van der Waals surface area contributed by atoms with Crippen molar-refractivity contribution >= 4 is 29.5 Å². The molecule has 86 heavy (non-hydrogen) atoms. The van der Waals surface area contributed by atoms with Crippen molar-refractivity contribution in [3.05, 3.63) is 214 Å². The maximum atomic E-state index is 14.5. The van der Waals surface area contributed by atoms with Gasteiger partial charge in [0, 0.05) is 5.56 Å². The lowest BCUT2D eigenvalue weighted by atomic mass is 9.77. The molecule has 12 heteroatoms. The first-order chi connectivity index (χ1) is 40.9. The average Bonchev–Trinajstić information content (AvgIpc) is 1.70. The van der Waals surface area contributed by atoms with Gasteiger partial charge >= 0.3 is 11.9 Å². The molecule has 2 amide bonds. The summed E-state index contributed by atoms with van der Waals surface area (Å²) in [4.78, 5) is 63.6. The minimum absolute atomic E-state index is 0.0203. The predicted octanol–water partition coefficient (Wildman–Crippen LogP) is 17.1. The number of amides is 2. The summed E-state index contributed by atoms with van der Waals surface area (Å²) in [6.45, 7) is 20.6. The van der Waals surface area contributed by atoms with Crippen LogP contribution in [0.5, 0.6) is 0 Å². The second-order valence-electron chi connectivity index (χ2n) is 27.2. The highest BCUT2D eigenvalue weighted by atomic mass is 19.1. The van der Waals surface area contributed by atoms with Crippen LogP contribution in [0.15, 0.2) is 163 Å². The second-order valence-corrected chi connectivity index (χ2v) is 27.2. The summed E-state index contributed by atoms with van der Waals surface area (Å²) in [5, 5.41) is 3.79. The van der Waals surface area contributed by atoms with Crippen LogP contribution in [0.4, 0.5) is 8.78 Å². The lowest BCUT2D eigenvalue weighted by molar-refractivity contribution is -0.137. The molecule has 2 aliphatic heterocycles. The van der Waals surface area contributed by atoms with Gasteiger partial charge in [-0.1, -0.05) is 139 Å². The van der Waals surface area contributed by atoms with E-state index < -0.39 is 17.4 Å². The van der Waals surface area contributed by atoms with Gasteiger partial charge in [0.15, 0.2) is 0 Å². The number of aliphatic imine (C=N–C) groups is 1. The number of ether oxygens (including phenoxy) is 2. The van der Waals surface area contributed by atoms with E-state index in [2.05, 4.69) is 100 Å². The maximum Gasteiger partial charge on any atom is 0.338 e. The molecule has 2 spiro atoms. The van der Waals surface area contributed by atoms with Crippen molar-refractivity contribution in [1.82, 2.24) is 15.1 Å². The van der Waals surface area contributed by atoms with Gasteiger partial charge in [-0.3, -0.25) is 19.9 Å². The first kappa shape index (κ1) is 63.2. The average molecular weight is 1170 g/mol. The fourth-order valence-electron chi connectivity index (χ4n) is 13.2. The van der Waals surface area contributed by atoms with Crippen molar-refractivity contribution in [3.63, 3.8) is 0 Å². The molecule has 10 rings (SSSR count). The molecular weight excluding hydrogens is 1080 g/mol. The summed E-state index contributed by atoms with van der Waals surface area (Å²) in [6.07, 6.45) is 9.83. The van der Waals surface area contributed by atoms with Gasteiger partial charge in [-0.25, -0.2) is 18.4 Å². The lowest BCUT2D eigenvalue weighted by Gasteiger charge is -2.47. The molecule has 1 saturated heterocycles. The number of nitrogens with zero attached hydrogens (tertiary/aromatic N) is 3. The summed E-state index contributed by atoms with van der Waals surface area (Å²) in [7, 11) is 0. The summed E-state index contributed by atoms with van der Waals surface area (Å²) < 4.78 is 38.5. The van der Waals surface area contributed by atoms with Crippen molar-refractivity contribution in [2.75, 3.05) is 0 Å². The predicted molar refractivity (Wildman–Crippen MR) is 337 cm³/mol. The number of hydrogen-bond donors (Lipinski definition) is 1. The number of nitrogens with one attached hydrogen (secondary N) is 1. The molecule has 1 N–H and O–H groups in total. The molecule has 3 fully saturated rings. The van der Waals surface area contributed by atoms with Gasteiger partial charge in [-0.05, 0) is 216 Å². The standard InChI is InChI=1S/C37H45FN2O3.C37H43FN2O3/c2*1-25(2)43-35(42)30-13-11-28(12-14-30)32(21-22-36(3,4)5)40-34(41)33(29-15-17-31(38)18-16-29)39-37(40)23-19-27(20-24-37)26-9-7-6-8-10-26/h6-18,25,27,32-33,39H,19-24H2,1-5H3;6-18,25,27,32H,19-24H2,1-5H3/t27?,32-,33?,37?;27?,32-,37?/m11/s1. The largest absolute Gasteiger partial charge is 0.459 e. The van der Waals surface area contributed by atoms with Crippen LogP contribution < -0.4 is 5.32 Å². The Labute approximate surface area is 509 Å². The van der Waals surface area contributed by atoms with Gasteiger partial charge in [0.2, 0.25) is 5.91 Å². The van der Waals surface area contributed by atoms with Crippen LogP contribution in [-0.4, -0.2) is 62.8 Å². The Hall–Kier alpha value is -7.31. The van der Waals surface area contributed by atoms with Crippen LogP contribution in [0, 0.1) is 22.5 Å². The van der Waals surface area contributed by atoms with Crippen molar-refractivity contribution < 1.29 is 37.4 Å². The van der Waals surface area contributed by atoms with Crippen LogP contribution in [0.3, 0.4) is 0 Å². The van der Waals surface area contributed by atoms with Crippen LogP contribution in [0.2, 0.25) is 0 Å². The summed E-state index contributed by atoms with van der Waals surface area (Å²) >= 11 is 0. The molecular formula is C74H88F2N4O6. The van der Waals surface area contributed by atoms with Gasteiger partial charge in [0.25, 0.3) is 5.91 Å². The van der Waals surface area contributed by atoms with Crippen LogP contribution in [0.25, 0.3) is 0 Å². The van der Waals surface area contributed by atoms with Gasteiger partial charge < -0.3 is 19.3 Å². The molecule has 454 valence electrons. The number of halogens is 2. The molecule has 1 unspecified atom stereocenters. The van der Waals surface area contributed by atoms with E-state index in [9.17, 15) is 28.0 Å². The molecule has 0 bridgehead atoms. The van der Waals surface area contributed by atoms with Crippen molar-refractivity contribution in [3.8, 4) is 0 Å². The molecule has 6 aromatic rings. The quantitative estimate of drug-likeness (QED) is 0.0959. The first-order valence-corrected chi connectivity index (χ1v) is 31.2. The molecule has 4 aliphatic rings. The molecule has 2 aliphatic carbocycles. The number of esters is 2. The monoisotopic (exact) mass is 1170 g/mol. The highest BCUT2D eigenvalue weighted by molar-refractivity contribution is 6.46. The number of benzene rings is 6. The molecule has 0 aromatic heterocycles. The van der Waals surface area contributed by atoms with E-state index in [1.54, 1.807) is 36.4 Å². The first-order valence-electron chi connectivity index (χ1n) is 31.2. The zero-order chi connectivity index (χ0) is 61.6. The Kier molecular flexibility index (Phi) is 19.7. The zero-order valence-electron chi connectivity index (χ0n) is 52.1. The number of carbonyl (C=O) groups is 4. The second kappa shape index (κ2) is 26.8. The Morgan fingerprint density at radius 2 is 0.953 bits per heavy atom. The van der Waals surface area contributed by atoms with Gasteiger partial charge in [-0.2, -0.15) is 0 Å². The highest BCUT2D eigenvalue weighted by Crippen LogP contribution is 2.51. The molecule has 0 radical (unpaired) electrons. The molecule has 2 heterocycles. The van der Waals surface area contributed by atoms with Gasteiger partial charge in [-0.15, -0.1) is 0 Å². The third-order valence-corrected chi connectivity index (χ3v) is 17.7. The molecule has 10 nitrogen and oxygen atoms in total. The maximum absolute atomic E-state index is 14.5. The van der Waals surface area contributed by atoms with E-state index >= 15 is 0 Å². The van der Waals surface area contributed by atoms with Gasteiger partial charge in [0.1, 0.15) is 29.1 Å². The highest BCUT2D eigenvalue weighted by Gasteiger charge is 2.55. The van der Waals surface area contributed by atoms with E-state index in [1.807, 2.05) is 81.1 Å². The number of rotatable bonds is 16. The van der Waals surface area contributed by atoms with Gasteiger partial charge in [0.05, 0.1) is 41.1 Å². The van der Waals surface area contributed by atoms with E-state index in [1.165, 1.54) is 35.4 Å². The smallest absolute Gasteiger partial charge is 0.338 e. The Bertz CT molecular complexity index is 3200. The minimum atomic E-state index is -0.691. The van der Waals surface area contributed by atoms with Crippen LogP contribution >= 0.6 is 0 Å². The van der Waals surface area contributed by atoms with E-state index in [0.717, 1.165) is 93.7 Å².